The van der Waals surface area contributed by atoms with Crippen LogP contribution in [-0.2, 0) is 9.53 Å². The van der Waals surface area contributed by atoms with Crippen LogP contribution in [0.1, 0.15) is 53.9 Å². The van der Waals surface area contributed by atoms with Gasteiger partial charge in [0.05, 0.1) is 19.3 Å². The van der Waals surface area contributed by atoms with Gasteiger partial charge in [-0.3, -0.25) is 4.79 Å². The van der Waals surface area contributed by atoms with Crippen molar-refractivity contribution in [2.45, 2.75) is 38.0 Å². The van der Waals surface area contributed by atoms with Crippen molar-refractivity contribution < 1.29 is 19.1 Å². The summed E-state index contributed by atoms with van der Waals surface area (Å²) in [6.45, 7) is 1.24. The number of carbonyl (C=O) groups is 2. The van der Waals surface area contributed by atoms with Gasteiger partial charge in [-0.05, 0) is 37.5 Å². The summed E-state index contributed by atoms with van der Waals surface area (Å²) < 4.78 is 10.4. The maximum absolute atomic E-state index is 12.0. The fourth-order valence-electron chi connectivity index (χ4n) is 3.46. The quantitative estimate of drug-likeness (QED) is 0.848. The monoisotopic (exact) mass is 317 g/mol. The number of amides is 1. The first-order valence-electron chi connectivity index (χ1n) is 8.32. The topological polar surface area (TPSA) is 64.6 Å². The van der Waals surface area contributed by atoms with Crippen molar-refractivity contribution in [3.05, 3.63) is 29.3 Å². The molecular weight excluding hydrogens is 294 g/mol. The van der Waals surface area contributed by atoms with Crippen LogP contribution >= 0.6 is 0 Å². The van der Waals surface area contributed by atoms with Crippen molar-refractivity contribution in [2.75, 3.05) is 20.3 Å². The summed E-state index contributed by atoms with van der Waals surface area (Å²) in [6.07, 6.45) is 5.18. The molecule has 2 aliphatic rings. The largest absolute Gasteiger partial charge is 0.493 e. The fraction of sp³-hybridized carbons (Fsp3) is 0.556. The van der Waals surface area contributed by atoms with E-state index in [9.17, 15) is 9.59 Å². The molecule has 5 heteroatoms. The Labute approximate surface area is 136 Å². The highest BCUT2D eigenvalue weighted by molar-refractivity contribution is 5.89. The molecule has 0 radical (unpaired) electrons. The van der Waals surface area contributed by atoms with E-state index in [2.05, 4.69) is 5.32 Å². The van der Waals surface area contributed by atoms with E-state index in [4.69, 9.17) is 9.47 Å². The molecular formula is C18H23NO4. The lowest BCUT2D eigenvalue weighted by atomic mass is 9.96. The molecule has 0 spiro atoms. The second-order valence-corrected chi connectivity index (χ2v) is 6.31. The SMILES string of the molecule is COC(=O)c1ccc2c(c1)C(CCNC(=O)C1CCCC1)CO2. The number of methoxy groups -OCH3 is 1. The van der Waals surface area contributed by atoms with Crippen molar-refractivity contribution in [3.63, 3.8) is 0 Å². The predicted molar refractivity (Wildman–Crippen MR) is 85.6 cm³/mol. The smallest absolute Gasteiger partial charge is 0.337 e. The predicted octanol–water partition coefficient (Wildman–Crippen LogP) is 2.65. The van der Waals surface area contributed by atoms with Crippen LogP contribution in [0.2, 0.25) is 0 Å². The van der Waals surface area contributed by atoms with Crippen molar-refractivity contribution in [1.82, 2.24) is 5.32 Å². The zero-order chi connectivity index (χ0) is 16.2. The average molecular weight is 317 g/mol. The molecule has 1 fully saturated rings. The van der Waals surface area contributed by atoms with Crippen molar-refractivity contribution in [2.24, 2.45) is 5.92 Å². The summed E-state index contributed by atoms with van der Waals surface area (Å²) in [5.74, 6) is 1.08. The van der Waals surface area contributed by atoms with E-state index in [1.54, 1.807) is 6.07 Å². The summed E-state index contributed by atoms with van der Waals surface area (Å²) in [6, 6.07) is 5.38. The Morgan fingerprint density at radius 1 is 1.30 bits per heavy atom. The minimum atomic E-state index is -0.340. The van der Waals surface area contributed by atoms with Gasteiger partial charge in [0.25, 0.3) is 0 Å². The minimum absolute atomic E-state index is 0.185. The van der Waals surface area contributed by atoms with Crippen LogP contribution in [-0.4, -0.2) is 32.1 Å². The Balaban J connectivity index is 1.56. The number of carbonyl (C=O) groups excluding carboxylic acids is 2. The summed E-state index contributed by atoms with van der Waals surface area (Å²) in [4.78, 5) is 23.7. The highest BCUT2D eigenvalue weighted by Gasteiger charge is 2.26. The number of nitrogens with one attached hydrogen (secondary N) is 1. The van der Waals surface area contributed by atoms with Gasteiger partial charge in [0.15, 0.2) is 0 Å². The first-order valence-corrected chi connectivity index (χ1v) is 8.32. The molecule has 1 aromatic carbocycles. The van der Waals surface area contributed by atoms with E-state index in [1.807, 2.05) is 12.1 Å². The highest BCUT2D eigenvalue weighted by atomic mass is 16.5. The van der Waals surface area contributed by atoms with E-state index in [-0.39, 0.29) is 23.7 Å². The Bertz CT molecular complexity index is 593. The Morgan fingerprint density at radius 3 is 2.83 bits per heavy atom. The Hall–Kier alpha value is -2.04. The fourth-order valence-corrected chi connectivity index (χ4v) is 3.46. The molecule has 1 aliphatic carbocycles. The average Bonchev–Trinajstić information content (AvgIpc) is 3.23. The molecule has 1 amide bonds. The Kier molecular flexibility index (Phi) is 4.84. The molecule has 0 aromatic heterocycles. The van der Waals surface area contributed by atoms with E-state index >= 15 is 0 Å². The van der Waals surface area contributed by atoms with E-state index in [1.165, 1.54) is 7.11 Å². The first kappa shape index (κ1) is 15.8. The van der Waals surface area contributed by atoms with Crippen LogP contribution in [0.4, 0.5) is 0 Å². The molecule has 1 N–H and O–H groups in total. The molecule has 124 valence electrons. The zero-order valence-electron chi connectivity index (χ0n) is 13.5. The van der Waals surface area contributed by atoms with Gasteiger partial charge in [0.1, 0.15) is 5.75 Å². The van der Waals surface area contributed by atoms with Crippen LogP contribution in [0.3, 0.4) is 0 Å². The normalized spacial score (nSPS) is 20.0. The van der Waals surface area contributed by atoms with Crippen molar-refractivity contribution >= 4 is 11.9 Å². The van der Waals surface area contributed by atoms with Gasteiger partial charge in [0, 0.05) is 23.9 Å². The van der Waals surface area contributed by atoms with Crippen LogP contribution in [0.5, 0.6) is 5.75 Å². The van der Waals surface area contributed by atoms with Crippen molar-refractivity contribution in [1.29, 1.82) is 0 Å². The second-order valence-electron chi connectivity index (χ2n) is 6.31. The van der Waals surface area contributed by atoms with Gasteiger partial charge >= 0.3 is 5.97 Å². The van der Waals surface area contributed by atoms with Crippen LogP contribution < -0.4 is 10.1 Å². The molecule has 1 atom stereocenters. The van der Waals surface area contributed by atoms with Gasteiger partial charge in [0.2, 0.25) is 5.91 Å². The molecule has 0 bridgehead atoms. The first-order chi connectivity index (χ1) is 11.2. The lowest BCUT2D eigenvalue weighted by Crippen LogP contribution is -2.30. The van der Waals surface area contributed by atoms with E-state index in [0.717, 1.165) is 43.4 Å². The van der Waals surface area contributed by atoms with Crippen LogP contribution in [0.25, 0.3) is 0 Å². The van der Waals surface area contributed by atoms with Gasteiger partial charge in [-0.1, -0.05) is 12.8 Å². The maximum atomic E-state index is 12.0. The third kappa shape index (κ3) is 3.49. The summed E-state index contributed by atoms with van der Waals surface area (Å²) in [7, 11) is 1.38. The van der Waals surface area contributed by atoms with Gasteiger partial charge < -0.3 is 14.8 Å². The summed E-state index contributed by atoms with van der Waals surface area (Å²) >= 11 is 0. The van der Waals surface area contributed by atoms with Crippen molar-refractivity contribution in [3.8, 4) is 5.75 Å². The molecule has 5 nitrogen and oxygen atoms in total. The third-order valence-corrected chi connectivity index (χ3v) is 4.83. The van der Waals surface area contributed by atoms with Crippen LogP contribution in [0.15, 0.2) is 18.2 Å². The molecule has 23 heavy (non-hydrogen) atoms. The number of benzene rings is 1. The summed E-state index contributed by atoms with van der Waals surface area (Å²) in [5.41, 5.74) is 1.57. The molecule has 1 saturated carbocycles. The van der Waals surface area contributed by atoms with Crippen LogP contribution in [0, 0.1) is 5.92 Å². The number of hydrogen-bond donors (Lipinski definition) is 1. The third-order valence-electron chi connectivity index (χ3n) is 4.83. The molecule has 1 unspecified atom stereocenters. The number of rotatable bonds is 5. The molecule has 3 rings (SSSR count). The Morgan fingerprint density at radius 2 is 2.09 bits per heavy atom. The van der Waals surface area contributed by atoms with E-state index < -0.39 is 0 Å². The zero-order valence-corrected chi connectivity index (χ0v) is 13.5. The second kappa shape index (κ2) is 7.02. The number of hydrogen-bond acceptors (Lipinski definition) is 4. The van der Waals surface area contributed by atoms with Gasteiger partial charge in [-0.25, -0.2) is 4.79 Å². The summed E-state index contributed by atoms with van der Waals surface area (Å²) in [5, 5.41) is 3.04. The van der Waals surface area contributed by atoms with Gasteiger partial charge in [-0.15, -0.1) is 0 Å². The number of fused-ring (bicyclic) bond motifs is 1. The lowest BCUT2D eigenvalue weighted by molar-refractivity contribution is -0.124. The molecule has 0 saturated heterocycles. The van der Waals surface area contributed by atoms with Gasteiger partial charge in [-0.2, -0.15) is 0 Å². The maximum Gasteiger partial charge on any atom is 0.337 e. The standard InChI is InChI=1S/C18H23NO4/c1-22-18(21)13-6-7-16-15(10-13)14(11-23-16)8-9-19-17(20)12-4-2-3-5-12/h6-7,10,12,14H,2-5,8-9,11H2,1H3,(H,19,20). The lowest BCUT2D eigenvalue weighted by Gasteiger charge is -2.13. The highest BCUT2D eigenvalue weighted by Crippen LogP contribution is 2.36. The molecule has 1 aliphatic heterocycles. The van der Waals surface area contributed by atoms with E-state index in [0.29, 0.717) is 18.7 Å². The molecule has 1 heterocycles. The number of esters is 1. The molecule has 1 aromatic rings. The number of ether oxygens (including phenoxy) is 2. The minimum Gasteiger partial charge on any atom is -0.493 e.